The van der Waals surface area contributed by atoms with Crippen LogP contribution in [-0.2, 0) is 6.42 Å². The number of nitrogens with one attached hydrogen (secondary N) is 1. The molecule has 0 amide bonds. The Labute approximate surface area is 142 Å². The fourth-order valence-corrected chi connectivity index (χ4v) is 3.95. The maximum absolute atomic E-state index is 12.8. The molecule has 0 fully saturated rings. The van der Waals surface area contributed by atoms with E-state index in [0.717, 1.165) is 16.1 Å². The number of carbonyl (C=O) groups excluding carboxylic acids is 1. The van der Waals surface area contributed by atoms with E-state index >= 15 is 0 Å². The van der Waals surface area contributed by atoms with Crippen LogP contribution in [0.1, 0.15) is 35.1 Å². The number of thiophene rings is 1. The number of fused-ring (bicyclic) bond motifs is 1. The monoisotopic (exact) mass is 344 g/mol. The van der Waals surface area contributed by atoms with E-state index in [4.69, 9.17) is 12.2 Å². The fourth-order valence-electron chi connectivity index (χ4n) is 2.56. The third-order valence-electron chi connectivity index (χ3n) is 3.85. The quantitative estimate of drug-likeness (QED) is 0.572. The van der Waals surface area contributed by atoms with Gasteiger partial charge in [-0.25, -0.2) is 0 Å². The van der Waals surface area contributed by atoms with Gasteiger partial charge in [-0.2, -0.15) is 0 Å². The lowest BCUT2D eigenvalue weighted by Crippen LogP contribution is -2.29. The second kappa shape index (κ2) is 6.22. The molecule has 118 valence electrons. The van der Waals surface area contributed by atoms with E-state index in [2.05, 4.69) is 4.98 Å². The van der Waals surface area contributed by atoms with Gasteiger partial charge in [0.1, 0.15) is 4.83 Å². The highest BCUT2D eigenvalue weighted by Crippen LogP contribution is 2.22. The highest BCUT2D eigenvalue weighted by molar-refractivity contribution is 7.71. The minimum atomic E-state index is -0.650. The van der Waals surface area contributed by atoms with Crippen LogP contribution in [0.2, 0.25) is 0 Å². The van der Waals surface area contributed by atoms with Crippen LogP contribution >= 0.6 is 23.6 Å². The predicted molar refractivity (Wildman–Crippen MR) is 96.1 cm³/mol. The summed E-state index contributed by atoms with van der Waals surface area (Å²) in [6.45, 7) is 3.75. The topological polar surface area (TPSA) is 54.9 Å². The average molecular weight is 344 g/mol. The van der Waals surface area contributed by atoms with E-state index in [-0.39, 0.29) is 16.1 Å². The van der Waals surface area contributed by atoms with Gasteiger partial charge in [-0.3, -0.25) is 14.2 Å². The second-order valence-electron chi connectivity index (χ2n) is 5.32. The summed E-state index contributed by atoms with van der Waals surface area (Å²) in [6.07, 6.45) is 0.859. The van der Waals surface area contributed by atoms with E-state index in [1.54, 1.807) is 31.2 Å². The third-order valence-corrected chi connectivity index (χ3v) is 5.34. The van der Waals surface area contributed by atoms with Crippen LogP contribution in [0.15, 0.2) is 41.2 Å². The molecule has 2 heterocycles. The van der Waals surface area contributed by atoms with E-state index < -0.39 is 6.04 Å². The van der Waals surface area contributed by atoms with Crippen LogP contribution in [0.3, 0.4) is 0 Å². The van der Waals surface area contributed by atoms with Gasteiger partial charge >= 0.3 is 0 Å². The summed E-state index contributed by atoms with van der Waals surface area (Å²) in [5, 5.41) is 0.591. The number of H-pyrrole nitrogens is 1. The SMILES string of the molecule is CCc1cc2c(=O)n(C(C)C(=O)c3ccccc3)c(=S)[nH]c2s1. The first-order valence-corrected chi connectivity index (χ1v) is 8.62. The molecule has 0 spiro atoms. The zero-order valence-corrected chi connectivity index (χ0v) is 14.5. The number of aromatic amines is 1. The molecular weight excluding hydrogens is 328 g/mol. The molecule has 3 rings (SSSR count). The van der Waals surface area contributed by atoms with Crippen LogP contribution in [0, 0.1) is 4.77 Å². The van der Waals surface area contributed by atoms with Crippen molar-refractivity contribution in [1.29, 1.82) is 0 Å². The van der Waals surface area contributed by atoms with Gasteiger partial charge < -0.3 is 4.98 Å². The first kappa shape index (κ1) is 15.8. The summed E-state index contributed by atoms with van der Waals surface area (Å²) in [5.74, 6) is -0.127. The van der Waals surface area contributed by atoms with Crippen LogP contribution in [0.5, 0.6) is 0 Å². The van der Waals surface area contributed by atoms with Crippen molar-refractivity contribution in [3.8, 4) is 0 Å². The Balaban J connectivity index is 2.14. The Bertz CT molecular complexity index is 983. The Morgan fingerprint density at radius 1 is 1.35 bits per heavy atom. The van der Waals surface area contributed by atoms with Gasteiger partial charge in [-0.05, 0) is 31.6 Å². The fraction of sp³-hybridized carbons (Fsp3) is 0.235. The smallest absolute Gasteiger partial charge is 0.263 e. The molecule has 2 aromatic heterocycles. The minimum absolute atomic E-state index is 0.127. The van der Waals surface area contributed by atoms with Crippen molar-refractivity contribution in [3.05, 3.63) is 62.0 Å². The van der Waals surface area contributed by atoms with Gasteiger partial charge in [-0.1, -0.05) is 37.3 Å². The van der Waals surface area contributed by atoms with E-state index in [9.17, 15) is 9.59 Å². The lowest BCUT2D eigenvalue weighted by molar-refractivity contribution is 0.0932. The van der Waals surface area contributed by atoms with Crippen LogP contribution in [0.25, 0.3) is 10.2 Å². The summed E-state index contributed by atoms with van der Waals surface area (Å²) >= 11 is 6.85. The zero-order chi connectivity index (χ0) is 16.6. The Kier molecular flexibility index (Phi) is 4.28. The van der Waals surface area contributed by atoms with Crippen molar-refractivity contribution in [2.45, 2.75) is 26.3 Å². The van der Waals surface area contributed by atoms with Gasteiger partial charge in [0.15, 0.2) is 10.6 Å². The van der Waals surface area contributed by atoms with Gasteiger partial charge in [0, 0.05) is 10.4 Å². The van der Waals surface area contributed by atoms with Gasteiger partial charge in [0.05, 0.1) is 11.4 Å². The van der Waals surface area contributed by atoms with Gasteiger partial charge in [0.2, 0.25) is 0 Å². The molecule has 0 bridgehead atoms. The summed E-state index contributed by atoms with van der Waals surface area (Å²) in [6, 6.07) is 10.2. The third kappa shape index (κ3) is 2.80. The summed E-state index contributed by atoms with van der Waals surface area (Å²) < 4.78 is 1.66. The molecule has 0 saturated heterocycles. The van der Waals surface area contributed by atoms with Gasteiger partial charge in [-0.15, -0.1) is 11.3 Å². The normalized spacial score (nSPS) is 12.4. The lowest BCUT2D eigenvalue weighted by Gasteiger charge is -2.14. The van der Waals surface area contributed by atoms with Crippen molar-refractivity contribution in [1.82, 2.24) is 9.55 Å². The molecule has 1 aromatic carbocycles. The number of rotatable bonds is 4. The number of Topliss-reactive ketones (excluding diaryl/α,β-unsaturated/α-hetero) is 1. The lowest BCUT2D eigenvalue weighted by atomic mass is 10.1. The zero-order valence-electron chi connectivity index (χ0n) is 12.8. The first-order valence-electron chi connectivity index (χ1n) is 7.39. The molecule has 1 atom stereocenters. The van der Waals surface area contributed by atoms with Crippen molar-refractivity contribution in [2.75, 3.05) is 0 Å². The van der Waals surface area contributed by atoms with E-state index in [1.165, 1.54) is 15.9 Å². The molecule has 3 aromatic rings. The molecule has 0 saturated carbocycles. The highest BCUT2D eigenvalue weighted by atomic mass is 32.1. The molecule has 0 aliphatic rings. The number of hydrogen-bond acceptors (Lipinski definition) is 4. The summed E-state index contributed by atoms with van der Waals surface area (Å²) in [4.78, 5) is 30.4. The van der Waals surface area contributed by atoms with Crippen molar-refractivity contribution < 1.29 is 4.79 Å². The minimum Gasteiger partial charge on any atom is -0.323 e. The molecule has 4 nitrogen and oxygen atoms in total. The largest absolute Gasteiger partial charge is 0.323 e. The van der Waals surface area contributed by atoms with Crippen molar-refractivity contribution >= 4 is 39.6 Å². The summed E-state index contributed by atoms with van der Waals surface area (Å²) in [7, 11) is 0. The Morgan fingerprint density at radius 3 is 2.70 bits per heavy atom. The van der Waals surface area contributed by atoms with Crippen molar-refractivity contribution in [3.63, 3.8) is 0 Å². The predicted octanol–water partition coefficient (Wildman–Crippen LogP) is 4.13. The Hall–Kier alpha value is -2.05. The number of nitrogens with zero attached hydrogens (tertiary/aromatic N) is 1. The molecule has 23 heavy (non-hydrogen) atoms. The number of aryl methyl sites for hydroxylation is 1. The van der Waals surface area contributed by atoms with Crippen LogP contribution in [0.4, 0.5) is 0 Å². The Morgan fingerprint density at radius 2 is 2.04 bits per heavy atom. The number of carbonyl (C=O) groups is 1. The number of benzene rings is 1. The number of aromatic nitrogens is 2. The van der Waals surface area contributed by atoms with Crippen LogP contribution in [-0.4, -0.2) is 15.3 Å². The standard InChI is InChI=1S/C17H16N2O2S2/c1-3-12-9-13-15(23-12)18-17(22)19(16(13)21)10(2)14(20)11-7-5-4-6-8-11/h4-10H,3H2,1-2H3,(H,18,22). The molecule has 1 unspecified atom stereocenters. The maximum Gasteiger partial charge on any atom is 0.263 e. The highest BCUT2D eigenvalue weighted by Gasteiger charge is 2.21. The van der Waals surface area contributed by atoms with Gasteiger partial charge in [0.25, 0.3) is 5.56 Å². The molecule has 6 heteroatoms. The average Bonchev–Trinajstić information content (AvgIpc) is 2.98. The number of ketones is 1. The molecule has 0 radical (unpaired) electrons. The molecule has 0 aliphatic carbocycles. The van der Waals surface area contributed by atoms with E-state index in [1.807, 2.05) is 19.1 Å². The molecule has 1 N–H and O–H groups in total. The molecule has 0 aliphatic heterocycles. The number of hydrogen-bond donors (Lipinski definition) is 1. The summed E-state index contributed by atoms with van der Waals surface area (Å²) in [5.41, 5.74) is 0.359. The first-order chi connectivity index (χ1) is 11.0. The van der Waals surface area contributed by atoms with Crippen LogP contribution < -0.4 is 5.56 Å². The maximum atomic E-state index is 12.8. The van der Waals surface area contributed by atoms with Crippen molar-refractivity contribution in [2.24, 2.45) is 0 Å². The van der Waals surface area contributed by atoms with E-state index in [0.29, 0.717) is 10.9 Å². The second-order valence-corrected chi connectivity index (χ2v) is 6.84. The molecular formula is C17H16N2O2S2.